The third kappa shape index (κ3) is 3.63. The number of hydrogen-bond donors (Lipinski definition) is 1. The molecule has 0 bridgehead atoms. The Morgan fingerprint density at radius 3 is 2.86 bits per heavy atom. The highest BCUT2D eigenvalue weighted by molar-refractivity contribution is 5.79. The summed E-state index contributed by atoms with van der Waals surface area (Å²) in [5.41, 5.74) is 0.976. The van der Waals surface area contributed by atoms with Crippen LogP contribution in [0.25, 0.3) is 0 Å². The lowest BCUT2D eigenvalue weighted by Gasteiger charge is -2.36. The molecule has 2 saturated heterocycles. The minimum absolute atomic E-state index is 0.184. The van der Waals surface area contributed by atoms with Gasteiger partial charge in [0.05, 0.1) is 11.6 Å². The molecule has 1 aromatic rings. The highest BCUT2D eigenvalue weighted by Crippen LogP contribution is 2.16. The van der Waals surface area contributed by atoms with Crippen LogP contribution in [-0.4, -0.2) is 60.1 Å². The van der Waals surface area contributed by atoms with Crippen LogP contribution in [0.5, 0.6) is 0 Å². The molecule has 1 aromatic heterocycles. The number of hydrogen-bond acceptors (Lipinski definition) is 5. The summed E-state index contributed by atoms with van der Waals surface area (Å²) in [5, 5.41) is 7.35. The number of amides is 1. The Balaban J connectivity index is 1.47. The summed E-state index contributed by atoms with van der Waals surface area (Å²) >= 11 is 0. The molecule has 3 heterocycles. The lowest BCUT2D eigenvalue weighted by Crippen LogP contribution is -2.51. The Morgan fingerprint density at radius 2 is 2.24 bits per heavy atom. The minimum atomic E-state index is 0.184. The van der Waals surface area contributed by atoms with Crippen molar-refractivity contribution in [1.29, 1.82) is 0 Å². The van der Waals surface area contributed by atoms with E-state index < -0.39 is 0 Å². The van der Waals surface area contributed by atoms with Gasteiger partial charge in [0.2, 0.25) is 5.91 Å². The Labute approximate surface area is 125 Å². The van der Waals surface area contributed by atoms with Gasteiger partial charge in [0.1, 0.15) is 5.76 Å². The Morgan fingerprint density at radius 1 is 1.43 bits per heavy atom. The third-order valence-electron chi connectivity index (χ3n) is 4.39. The molecule has 2 aliphatic rings. The SMILES string of the molecule is Cc1cc(CN2CCN(C(=O)C3CCCNC3)CC2)no1. The van der Waals surface area contributed by atoms with E-state index in [0.717, 1.165) is 70.1 Å². The van der Waals surface area contributed by atoms with Crippen molar-refractivity contribution in [2.24, 2.45) is 5.92 Å². The molecule has 116 valence electrons. The number of piperidine rings is 1. The molecular formula is C15H24N4O2. The predicted octanol–water partition coefficient (Wildman–Crippen LogP) is 0.627. The number of nitrogens with one attached hydrogen (secondary N) is 1. The van der Waals surface area contributed by atoms with Crippen LogP contribution < -0.4 is 5.32 Å². The molecule has 21 heavy (non-hydrogen) atoms. The van der Waals surface area contributed by atoms with Crippen LogP contribution in [0.3, 0.4) is 0 Å². The molecule has 1 unspecified atom stereocenters. The van der Waals surface area contributed by atoms with Gasteiger partial charge in [-0.25, -0.2) is 0 Å². The topological polar surface area (TPSA) is 61.6 Å². The molecule has 1 atom stereocenters. The van der Waals surface area contributed by atoms with Crippen molar-refractivity contribution in [2.75, 3.05) is 39.3 Å². The molecule has 6 nitrogen and oxygen atoms in total. The number of aromatic nitrogens is 1. The van der Waals surface area contributed by atoms with E-state index >= 15 is 0 Å². The minimum Gasteiger partial charge on any atom is -0.361 e. The number of rotatable bonds is 3. The van der Waals surface area contributed by atoms with Crippen molar-refractivity contribution in [3.05, 3.63) is 17.5 Å². The summed E-state index contributed by atoms with van der Waals surface area (Å²) in [4.78, 5) is 16.8. The summed E-state index contributed by atoms with van der Waals surface area (Å²) in [6, 6.07) is 1.98. The molecule has 6 heteroatoms. The third-order valence-corrected chi connectivity index (χ3v) is 4.39. The van der Waals surface area contributed by atoms with Gasteiger partial charge in [0.25, 0.3) is 0 Å². The first-order valence-electron chi connectivity index (χ1n) is 7.86. The first-order valence-corrected chi connectivity index (χ1v) is 7.86. The van der Waals surface area contributed by atoms with Gasteiger partial charge in [0.15, 0.2) is 0 Å². The van der Waals surface area contributed by atoms with Crippen LogP contribution in [0, 0.1) is 12.8 Å². The molecule has 0 spiro atoms. The van der Waals surface area contributed by atoms with E-state index in [1.807, 2.05) is 17.9 Å². The van der Waals surface area contributed by atoms with E-state index in [2.05, 4.69) is 15.4 Å². The van der Waals surface area contributed by atoms with Gasteiger partial charge < -0.3 is 14.7 Å². The fourth-order valence-electron chi connectivity index (χ4n) is 3.17. The van der Waals surface area contributed by atoms with E-state index in [9.17, 15) is 4.79 Å². The number of piperazine rings is 1. The van der Waals surface area contributed by atoms with Crippen molar-refractivity contribution in [2.45, 2.75) is 26.3 Å². The summed E-state index contributed by atoms with van der Waals surface area (Å²) < 4.78 is 5.10. The molecule has 1 N–H and O–H groups in total. The van der Waals surface area contributed by atoms with Crippen molar-refractivity contribution >= 4 is 5.91 Å². The average molecular weight is 292 g/mol. The van der Waals surface area contributed by atoms with E-state index in [0.29, 0.717) is 5.91 Å². The predicted molar refractivity (Wildman–Crippen MR) is 78.7 cm³/mol. The van der Waals surface area contributed by atoms with Crippen molar-refractivity contribution < 1.29 is 9.32 Å². The molecule has 0 radical (unpaired) electrons. The van der Waals surface area contributed by atoms with Gasteiger partial charge in [-0.3, -0.25) is 9.69 Å². The van der Waals surface area contributed by atoms with Crippen LogP contribution in [0.2, 0.25) is 0 Å². The van der Waals surface area contributed by atoms with Gasteiger partial charge >= 0.3 is 0 Å². The van der Waals surface area contributed by atoms with Gasteiger partial charge in [-0.1, -0.05) is 5.16 Å². The molecule has 0 saturated carbocycles. The van der Waals surface area contributed by atoms with Gasteiger partial charge in [-0.2, -0.15) is 0 Å². The number of carbonyl (C=O) groups excluding carboxylic acids is 1. The second kappa shape index (κ2) is 6.58. The molecule has 2 fully saturated rings. The van der Waals surface area contributed by atoms with Gasteiger partial charge in [-0.05, 0) is 26.3 Å². The number of aryl methyl sites for hydroxylation is 1. The Hall–Kier alpha value is -1.40. The Kier molecular flexibility index (Phi) is 4.55. The summed E-state index contributed by atoms with van der Waals surface area (Å²) in [6.45, 7) is 8.09. The molecule has 2 aliphatic heterocycles. The zero-order valence-corrected chi connectivity index (χ0v) is 12.7. The van der Waals surface area contributed by atoms with Crippen molar-refractivity contribution in [3.8, 4) is 0 Å². The molecule has 0 aromatic carbocycles. The summed E-state index contributed by atoms with van der Waals surface area (Å²) in [6.07, 6.45) is 2.14. The molecular weight excluding hydrogens is 268 g/mol. The zero-order chi connectivity index (χ0) is 14.7. The normalized spacial score (nSPS) is 24.2. The van der Waals surface area contributed by atoms with Crippen LogP contribution in [0.4, 0.5) is 0 Å². The quantitative estimate of drug-likeness (QED) is 0.885. The van der Waals surface area contributed by atoms with E-state index in [1.54, 1.807) is 0 Å². The molecule has 1 amide bonds. The lowest BCUT2D eigenvalue weighted by atomic mass is 9.98. The highest BCUT2D eigenvalue weighted by atomic mass is 16.5. The van der Waals surface area contributed by atoms with Crippen LogP contribution >= 0.6 is 0 Å². The van der Waals surface area contributed by atoms with Crippen LogP contribution in [0.15, 0.2) is 10.6 Å². The first kappa shape index (κ1) is 14.5. The molecule has 3 rings (SSSR count). The first-order chi connectivity index (χ1) is 10.2. The average Bonchev–Trinajstić information content (AvgIpc) is 2.93. The van der Waals surface area contributed by atoms with E-state index in [4.69, 9.17) is 4.52 Å². The van der Waals surface area contributed by atoms with Gasteiger partial charge in [0, 0.05) is 45.3 Å². The summed E-state index contributed by atoms with van der Waals surface area (Å²) in [7, 11) is 0. The number of nitrogens with zero attached hydrogens (tertiary/aromatic N) is 3. The smallest absolute Gasteiger partial charge is 0.227 e. The monoisotopic (exact) mass is 292 g/mol. The lowest BCUT2D eigenvalue weighted by molar-refractivity contribution is -0.137. The fourth-order valence-corrected chi connectivity index (χ4v) is 3.17. The second-order valence-corrected chi connectivity index (χ2v) is 6.07. The maximum atomic E-state index is 12.5. The fraction of sp³-hybridized carbons (Fsp3) is 0.733. The van der Waals surface area contributed by atoms with E-state index in [-0.39, 0.29) is 5.92 Å². The standard InChI is InChI=1S/C15H24N4O2/c1-12-9-14(17-21-12)11-18-5-7-19(8-6-18)15(20)13-3-2-4-16-10-13/h9,13,16H,2-8,10-11H2,1H3. The van der Waals surface area contributed by atoms with Gasteiger partial charge in [-0.15, -0.1) is 0 Å². The molecule has 0 aliphatic carbocycles. The Bertz CT molecular complexity index is 474. The summed E-state index contributed by atoms with van der Waals surface area (Å²) in [5.74, 6) is 1.37. The van der Waals surface area contributed by atoms with Crippen LogP contribution in [0.1, 0.15) is 24.3 Å². The highest BCUT2D eigenvalue weighted by Gasteiger charge is 2.28. The number of carbonyl (C=O) groups is 1. The maximum Gasteiger partial charge on any atom is 0.227 e. The largest absolute Gasteiger partial charge is 0.361 e. The maximum absolute atomic E-state index is 12.5. The van der Waals surface area contributed by atoms with Crippen molar-refractivity contribution in [1.82, 2.24) is 20.3 Å². The van der Waals surface area contributed by atoms with E-state index in [1.165, 1.54) is 0 Å². The van der Waals surface area contributed by atoms with Crippen LogP contribution in [-0.2, 0) is 11.3 Å². The zero-order valence-electron chi connectivity index (χ0n) is 12.7. The second-order valence-electron chi connectivity index (χ2n) is 6.07. The van der Waals surface area contributed by atoms with Crippen molar-refractivity contribution in [3.63, 3.8) is 0 Å².